The molecule has 7 nitrogen and oxygen atoms in total. The van der Waals surface area contributed by atoms with Crippen molar-refractivity contribution in [3.8, 4) is 0 Å². The molecule has 1 aromatic heterocycles. The Hall–Kier alpha value is -3.72. The summed E-state index contributed by atoms with van der Waals surface area (Å²) in [5, 5.41) is 12.1. The molecule has 166 valence electrons. The van der Waals surface area contributed by atoms with Gasteiger partial charge in [0.05, 0.1) is 18.7 Å². The minimum absolute atomic E-state index is 0.00246. The van der Waals surface area contributed by atoms with E-state index in [4.69, 9.17) is 0 Å². The molecule has 32 heavy (non-hydrogen) atoms. The number of urea groups is 1. The van der Waals surface area contributed by atoms with Crippen LogP contribution in [0.25, 0.3) is 0 Å². The fourth-order valence-corrected chi connectivity index (χ4v) is 3.57. The molecule has 0 atom stereocenters. The molecule has 0 saturated heterocycles. The highest BCUT2D eigenvalue weighted by Crippen LogP contribution is 2.20. The second-order valence-electron chi connectivity index (χ2n) is 6.89. The van der Waals surface area contributed by atoms with Gasteiger partial charge in [-0.2, -0.15) is 0 Å². The standard InChI is InChI=1S/C23H23FN4O3S/c24-19-9-8-17(14-20(19)27-21(29)13-16-5-2-1-3-6-16)26-15-22(30)28-23(31)25-11-10-18-7-4-12-32-18/h1-9,12,14,26H,10-11,13,15H2,(H,27,29)(H2,25,28,30,31). The number of hydrogen-bond donors (Lipinski definition) is 4. The lowest BCUT2D eigenvalue weighted by molar-refractivity contribution is -0.118. The van der Waals surface area contributed by atoms with Gasteiger partial charge in [-0.1, -0.05) is 36.4 Å². The van der Waals surface area contributed by atoms with E-state index in [2.05, 4.69) is 21.3 Å². The van der Waals surface area contributed by atoms with Crippen molar-refractivity contribution in [2.24, 2.45) is 0 Å². The van der Waals surface area contributed by atoms with Crippen LogP contribution in [0.5, 0.6) is 0 Å². The summed E-state index contributed by atoms with van der Waals surface area (Å²) in [6, 6.07) is 16.5. The van der Waals surface area contributed by atoms with E-state index in [0.717, 1.165) is 10.4 Å². The van der Waals surface area contributed by atoms with Crippen molar-refractivity contribution in [1.29, 1.82) is 0 Å². The summed E-state index contributed by atoms with van der Waals surface area (Å²) in [6.07, 6.45) is 0.799. The third-order valence-corrected chi connectivity index (χ3v) is 5.33. The zero-order valence-corrected chi connectivity index (χ0v) is 18.0. The number of rotatable bonds is 9. The van der Waals surface area contributed by atoms with Gasteiger partial charge in [-0.05, 0) is 41.6 Å². The summed E-state index contributed by atoms with van der Waals surface area (Å²) in [5.41, 5.74) is 1.24. The number of hydrogen-bond acceptors (Lipinski definition) is 5. The summed E-state index contributed by atoms with van der Waals surface area (Å²) >= 11 is 1.60. The molecule has 0 fully saturated rings. The van der Waals surface area contributed by atoms with E-state index in [1.165, 1.54) is 18.2 Å². The van der Waals surface area contributed by atoms with Crippen molar-refractivity contribution in [1.82, 2.24) is 10.6 Å². The molecule has 1 heterocycles. The highest BCUT2D eigenvalue weighted by molar-refractivity contribution is 7.09. The van der Waals surface area contributed by atoms with Crippen LogP contribution in [0.1, 0.15) is 10.4 Å². The number of nitrogens with one attached hydrogen (secondary N) is 4. The van der Waals surface area contributed by atoms with Crippen LogP contribution in [-0.2, 0) is 22.4 Å². The molecule has 0 bridgehead atoms. The van der Waals surface area contributed by atoms with Crippen LogP contribution < -0.4 is 21.3 Å². The van der Waals surface area contributed by atoms with Gasteiger partial charge in [-0.3, -0.25) is 14.9 Å². The van der Waals surface area contributed by atoms with Crippen LogP contribution in [0.15, 0.2) is 66.0 Å². The largest absolute Gasteiger partial charge is 0.376 e. The van der Waals surface area contributed by atoms with Crippen molar-refractivity contribution in [2.75, 3.05) is 23.7 Å². The number of imide groups is 1. The van der Waals surface area contributed by atoms with Crippen molar-refractivity contribution >= 4 is 40.6 Å². The van der Waals surface area contributed by atoms with Crippen molar-refractivity contribution in [3.63, 3.8) is 0 Å². The van der Waals surface area contributed by atoms with Crippen molar-refractivity contribution in [3.05, 3.63) is 82.3 Å². The normalized spacial score (nSPS) is 10.3. The monoisotopic (exact) mass is 454 g/mol. The number of halogens is 1. The second kappa shape index (κ2) is 11.6. The van der Waals surface area contributed by atoms with Crippen molar-refractivity contribution in [2.45, 2.75) is 12.8 Å². The molecule has 0 spiro atoms. The molecule has 3 aromatic rings. The topological polar surface area (TPSA) is 99.3 Å². The van der Waals surface area contributed by atoms with E-state index in [9.17, 15) is 18.8 Å². The summed E-state index contributed by atoms with van der Waals surface area (Å²) in [4.78, 5) is 37.1. The van der Waals surface area contributed by atoms with Crippen LogP contribution in [-0.4, -0.2) is 30.9 Å². The molecule has 4 N–H and O–H groups in total. The maximum absolute atomic E-state index is 14.1. The zero-order valence-electron chi connectivity index (χ0n) is 17.2. The molecule has 0 aliphatic heterocycles. The van der Waals surface area contributed by atoms with Gasteiger partial charge in [-0.25, -0.2) is 9.18 Å². The van der Waals surface area contributed by atoms with E-state index in [1.54, 1.807) is 11.3 Å². The van der Waals surface area contributed by atoms with Crippen LogP contribution in [0.2, 0.25) is 0 Å². The minimum atomic E-state index is -0.591. The lowest BCUT2D eigenvalue weighted by atomic mass is 10.1. The number of benzene rings is 2. The molecule has 0 aliphatic carbocycles. The Bertz CT molecular complexity index is 1060. The molecular weight excluding hydrogens is 431 g/mol. The molecule has 0 radical (unpaired) electrons. The van der Waals surface area contributed by atoms with E-state index in [-0.39, 0.29) is 24.6 Å². The van der Waals surface area contributed by atoms with Gasteiger partial charge in [0.2, 0.25) is 11.8 Å². The predicted octanol–water partition coefficient (Wildman–Crippen LogP) is 3.55. The van der Waals surface area contributed by atoms with Gasteiger partial charge in [0.1, 0.15) is 5.82 Å². The van der Waals surface area contributed by atoms with Gasteiger partial charge in [0, 0.05) is 17.1 Å². The molecule has 4 amide bonds. The number of anilines is 2. The Kier molecular flexibility index (Phi) is 8.33. The van der Waals surface area contributed by atoms with Crippen LogP contribution in [0, 0.1) is 5.82 Å². The highest BCUT2D eigenvalue weighted by Gasteiger charge is 2.11. The quantitative estimate of drug-likeness (QED) is 0.397. The van der Waals surface area contributed by atoms with Gasteiger partial charge >= 0.3 is 6.03 Å². The first-order valence-corrected chi connectivity index (χ1v) is 10.8. The van der Waals surface area contributed by atoms with Crippen molar-refractivity contribution < 1.29 is 18.8 Å². The first kappa shape index (κ1) is 23.0. The summed E-state index contributed by atoms with van der Waals surface area (Å²) in [5.74, 6) is -1.49. The molecule has 9 heteroatoms. The Morgan fingerprint density at radius 3 is 2.50 bits per heavy atom. The average molecular weight is 455 g/mol. The Balaban J connectivity index is 1.43. The van der Waals surface area contributed by atoms with Gasteiger partial charge < -0.3 is 16.0 Å². The maximum Gasteiger partial charge on any atom is 0.321 e. The van der Waals surface area contributed by atoms with Crippen LogP contribution in [0.3, 0.4) is 0 Å². The Morgan fingerprint density at radius 1 is 0.938 bits per heavy atom. The zero-order chi connectivity index (χ0) is 22.8. The minimum Gasteiger partial charge on any atom is -0.376 e. The number of carbonyl (C=O) groups excluding carboxylic acids is 3. The van der Waals surface area contributed by atoms with Gasteiger partial charge in [0.15, 0.2) is 0 Å². The predicted molar refractivity (Wildman–Crippen MR) is 123 cm³/mol. The average Bonchev–Trinajstić information content (AvgIpc) is 3.28. The van der Waals surface area contributed by atoms with E-state index in [1.807, 2.05) is 47.8 Å². The van der Waals surface area contributed by atoms with E-state index < -0.39 is 17.8 Å². The Morgan fingerprint density at radius 2 is 1.75 bits per heavy atom. The molecular formula is C23H23FN4O3S. The van der Waals surface area contributed by atoms with Crippen LogP contribution >= 0.6 is 11.3 Å². The third kappa shape index (κ3) is 7.51. The number of thiophene rings is 1. The molecule has 3 rings (SSSR count). The molecule has 0 aliphatic rings. The fraction of sp³-hybridized carbons (Fsp3) is 0.174. The second-order valence-corrected chi connectivity index (χ2v) is 7.92. The highest BCUT2D eigenvalue weighted by atomic mass is 32.1. The number of carbonyl (C=O) groups is 3. The maximum atomic E-state index is 14.1. The lowest BCUT2D eigenvalue weighted by Crippen LogP contribution is -2.42. The third-order valence-electron chi connectivity index (χ3n) is 4.39. The summed E-state index contributed by atoms with van der Waals surface area (Å²) in [6.45, 7) is 0.221. The first-order valence-electron chi connectivity index (χ1n) is 9.97. The van der Waals surface area contributed by atoms with E-state index >= 15 is 0 Å². The SMILES string of the molecule is O=C(CNc1ccc(F)c(NC(=O)Cc2ccccc2)c1)NC(=O)NCCc1cccs1. The molecule has 0 saturated carbocycles. The van der Waals surface area contributed by atoms with E-state index in [0.29, 0.717) is 18.7 Å². The summed E-state index contributed by atoms with van der Waals surface area (Å²) < 4.78 is 14.1. The smallest absolute Gasteiger partial charge is 0.321 e. The Labute approximate surface area is 189 Å². The lowest BCUT2D eigenvalue weighted by Gasteiger charge is -2.11. The van der Waals surface area contributed by atoms with Gasteiger partial charge in [0.25, 0.3) is 0 Å². The fourth-order valence-electron chi connectivity index (χ4n) is 2.86. The molecule has 0 unspecified atom stereocenters. The first-order chi connectivity index (χ1) is 15.5. The molecule has 2 aromatic carbocycles. The van der Waals surface area contributed by atoms with Crippen LogP contribution in [0.4, 0.5) is 20.6 Å². The van der Waals surface area contributed by atoms with Gasteiger partial charge in [-0.15, -0.1) is 11.3 Å². The summed E-state index contributed by atoms with van der Waals surface area (Å²) in [7, 11) is 0. The number of amides is 4.